The Balaban J connectivity index is 2.08. The van der Waals surface area contributed by atoms with Crippen molar-refractivity contribution < 1.29 is 28.2 Å². The molecule has 0 N–H and O–H groups in total. The summed E-state index contributed by atoms with van der Waals surface area (Å²) in [6, 6.07) is 4.59. The molecule has 3 aromatic rings. The normalized spacial score (nSPS) is 10.5. The third kappa shape index (κ3) is 2.78. The second kappa shape index (κ2) is 6.41. The predicted octanol–water partition coefficient (Wildman–Crippen LogP) is 2.21. The van der Waals surface area contributed by atoms with Crippen LogP contribution in [0.25, 0.3) is 11.1 Å². The number of esters is 1. The van der Waals surface area contributed by atoms with Crippen LogP contribution in [0.15, 0.2) is 29.0 Å². The van der Waals surface area contributed by atoms with E-state index >= 15 is 0 Å². The average molecular weight is 331 g/mol. The van der Waals surface area contributed by atoms with Crippen LogP contribution in [0.5, 0.6) is 23.5 Å². The number of fused-ring (bicyclic) bond motifs is 1. The van der Waals surface area contributed by atoms with Crippen molar-refractivity contribution in [1.82, 2.24) is 15.0 Å². The molecule has 0 aliphatic heterocycles. The van der Waals surface area contributed by atoms with Gasteiger partial charge in [-0.3, -0.25) is 0 Å². The lowest BCUT2D eigenvalue weighted by atomic mass is 10.1. The molecule has 24 heavy (non-hydrogen) atoms. The summed E-state index contributed by atoms with van der Waals surface area (Å²) in [4.78, 5) is 24.2. The van der Waals surface area contributed by atoms with Crippen molar-refractivity contribution in [2.45, 2.75) is 0 Å². The molecule has 0 saturated heterocycles. The average Bonchev–Trinajstić information content (AvgIpc) is 3.09. The number of aromatic nitrogens is 3. The van der Waals surface area contributed by atoms with Crippen LogP contribution in [0.1, 0.15) is 10.4 Å². The highest BCUT2D eigenvalue weighted by Gasteiger charge is 2.22. The van der Waals surface area contributed by atoms with Crippen LogP contribution < -0.4 is 14.2 Å². The van der Waals surface area contributed by atoms with Crippen LogP contribution in [0.2, 0.25) is 0 Å². The van der Waals surface area contributed by atoms with Crippen molar-refractivity contribution in [2.24, 2.45) is 0 Å². The zero-order chi connectivity index (χ0) is 17.1. The van der Waals surface area contributed by atoms with Gasteiger partial charge in [-0.1, -0.05) is 0 Å². The predicted molar refractivity (Wildman–Crippen MR) is 80.6 cm³/mol. The Labute approximate surface area is 136 Å². The van der Waals surface area contributed by atoms with E-state index in [-0.39, 0.29) is 29.1 Å². The van der Waals surface area contributed by atoms with Crippen molar-refractivity contribution in [2.75, 3.05) is 21.3 Å². The van der Waals surface area contributed by atoms with Gasteiger partial charge in [0.1, 0.15) is 16.8 Å². The number of hydrogen-bond acceptors (Lipinski definition) is 9. The Kier molecular flexibility index (Phi) is 4.15. The molecule has 3 rings (SSSR count). The Morgan fingerprint density at radius 2 is 1.79 bits per heavy atom. The molecule has 0 amide bonds. The summed E-state index contributed by atoms with van der Waals surface area (Å²) < 4.78 is 25.7. The Morgan fingerprint density at radius 3 is 2.42 bits per heavy atom. The number of rotatable bonds is 5. The number of carbonyl (C=O) groups excluding carboxylic acids is 1. The maximum atomic E-state index is 12.1. The van der Waals surface area contributed by atoms with Crippen molar-refractivity contribution in [3.05, 3.63) is 30.2 Å². The smallest absolute Gasteiger partial charge is 0.344 e. The van der Waals surface area contributed by atoms with E-state index in [4.69, 9.17) is 23.4 Å². The fourth-order valence-corrected chi connectivity index (χ4v) is 2.03. The number of carbonyl (C=O) groups is 1. The minimum absolute atomic E-state index is 0.0563. The van der Waals surface area contributed by atoms with Crippen LogP contribution in [-0.4, -0.2) is 42.3 Å². The fourth-order valence-electron chi connectivity index (χ4n) is 2.03. The van der Waals surface area contributed by atoms with E-state index in [1.54, 1.807) is 6.07 Å². The van der Waals surface area contributed by atoms with Gasteiger partial charge in [-0.25, -0.2) is 9.78 Å². The number of ether oxygens (including phenoxy) is 4. The highest BCUT2D eigenvalue weighted by atomic mass is 16.5. The number of nitrogens with zero attached hydrogens (tertiary/aromatic N) is 3. The maximum absolute atomic E-state index is 12.1. The van der Waals surface area contributed by atoms with E-state index in [0.29, 0.717) is 11.1 Å². The molecule has 0 spiro atoms. The summed E-state index contributed by atoms with van der Waals surface area (Å²) in [7, 11) is 4.16. The Hall–Kier alpha value is -3.36. The second-order valence-electron chi connectivity index (χ2n) is 4.47. The van der Waals surface area contributed by atoms with Crippen molar-refractivity contribution in [3.63, 3.8) is 0 Å². The molecule has 1 aromatic carbocycles. The lowest BCUT2D eigenvalue weighted by molar-refractivity contribution is 0.0600. The molecular weight excluding hydrogens is 318 g/mol. The number of benzene rings is 1. The number of methoxy groups -OCH3 is 3. The Morgan fingerprint density at radius 1 is 1.08 bits per heavy atom. The van der Waals surface area contributed by atoms with Crippen LogP contribution in [0.4, 0.5) is 0 Å². The minimum atomic E-state index is -0.626. The second-order valence-corrected chi connectivity index (χ2v) is 4.47. The first kappa shape index (κ1) is 15.5. The van der Waals surface area contributed by atoms with Gasteiger partial charge in [-0.15, -0.1) is 0 Å². The summed E-state index contributed by atoms with van der Waals surface area (Å²) in [5, 5.41) is 0. The largest absolute Gasteiger partial charge is 0.481 e. The van der Waals surface area contributed by atoms with Crippen LogP contribution in [-0.2, 0) is 4.74 Å². The summed E-state index contributed by atoms with van der Waals surface area (Å²) in [5.41, 5.74) is 0.843. The van der Waals surface area contributed by atoms with E-state index in [1.165, 1.54) is 39.9 Å². The molecule has 2 heterocycles. The van der Waals surface area contributed by atoms with Crippen LogP contribution in [0.3, 0.4) is 0 Å². The third-order valence-electron chi connectivity index (χ3n) is 3.13. The molecule has 0 fully saturated rings. The van der Waals surface area contributed by atoms with Gasteiger partial charge in [0.15, 0.2) is 12.0 Å². The van der Waals surface area contributed by atoms with Crippen molar-refractivity contribution in [1.29, 1.82) is 0 Å². The van der Waals surface area contributed by atoms with E-state index in [9.17, 15) is 4.79 Å². The van der Waals surface area contributed by atoms with Gasteiger partial charge in [0.05, 0.1) is 27.4 Å². The number of hydrogen-bond donors (Lipinski definition) is 0. The van der Waals surface area contributed by atoms with Gasteiger partial charge in [0.2, 0.25) is 11.8 Å². The standard InChI is InChI=1S/C15H13N3O6/c1-20-10-6-11(21-2)18-15(17-10)24-8-4-5-9-13(16-7-23-9)12(8)14(19)22-3/h4-7H,1-3H3. The van der Waals surface area contributed by atoms with Gasteiger partial charge in [0, 0.05) is 0 Å². The molecule has 9 heteroatoms. The van der Waals surface area contributed by atoms with Crippen LogP contribution >= 0.6 is 0 Å². The van der Waals surface area contributed by atoms with Gasteiger partial charge < -0.3 is 23.4 Å². The summed E-state index contributed by atoms with van der Waals surface area (Å²) in [6.07, 6.45) is 1.23. The van der Waals surface area contributed by atoms with Crippen molar-refractivity contribution in [3.8, 4) is 23.5 Å². The first-order valence-corrected chi connectivity index (χ1v) is 6.75. The van der Waals surface area contributed by atoms with Crippen LogP contribution in [0, 0.1) is 0 Å². The van der Waals surface area contributed by atoms with E-state index in [1.807, 2.05) is 0 Å². The number of oxazole rings is 1. The summed E-state index contributed by atoms with van der Waals surface area (Å²) in [6.45, 7) is 0. The maximum Gasteiger partial charge on any atom is 0.344 e. The highest BCUT2D eigenvalue weighted by Crippen LogP contribution is 2.31. The van der Waals surface area contributed by atoms with Gasteiger partial charge in [0.25, 0.3) is 0 Å². The van der Waals surface area contributed by atoms with E-state index < -0.39 is 5.97 Å². The van der Waals surface area contributed by atoms with E-state index in [0.717, 1.165) is 0 Å². The minimum Gasteiger partial charge on any atom is -0.481 e. The SMILES string of the molecule is COC(=O)c1c(Oc2nc(OC)cc(OC)n2)ccc2ocnc12. The lowest BCUT2D eigenvalue weighted by Gasteiger charge is -2.10. The fraction of sp³-hybridized carbons (Fsp3) is 0.200. The molecule has 0 radical (unpaired) electrons. The molecular formula is C15H13N3O6. The molecule has 0 aliphatic carbocycles. The molecule has 0 unspecified atom stereocenters. The van der Waals surface area contributed by atoms with Gasteiger partial charge >= 0.3 is 12.0 Å². The first-order valence-electron chi connectivity index (χ1n) is 6.75. The Bertz CT molecular complexity index is 870. The zero-order valence-corrected chi connectivity index (χ0v) is 13.1. The monoisotopic (exact) mass is 331 g/mol. The van der Waals surface area contributed by atoms with Gasteiger partial charge in [-0.05, 0) is 12.1 Å². The molecule has 0 aliphatic rings. The molecule has 0 saturated carbocycles. The highest BCUT2D eigenvalue weighted by molar-refractivity contribution is 6.04. The third-order valence-corrected chi connectivity index (χ3v) is 3.13. The molecule has 2 aromatic heterocycles. The molecule has 0 bridgehead atoms. The first-order chi connectivity index (χ1) is 11.7. The zero-order valence-electron chi connectivity index (χ0n) is 13.1. The topological polar surface area (TPSA) is 106 Å². The van der Waals surface area contributed by atoms with Crippen molar-refractivity contribution >= 4 is 17.1 Å². The summed E-state index contributed by atoms with van der Waals surface area (Å²) >= 11 is 0. The quantitative estimate of drug-likeness (QED) is 0.650. The van der Waals surface area contributed by atoms with E-state index in [2.05, 4.69) is 15.0 Å². The molecule has 124 valence electrons. The molecule has 9 nitrogen and oxygen atoms in total. The van der Waals surface area contributed by atoms with Gasteiger partial charge in [-0.2, -0.15) is 9.97 Å². The lowest BCUT2D eigenvalue weighted by Crippen LogP contribution is -2.06. The molecule has 0 atom stereocenters. The summed E-state index contributed by atoms with van der Waals surface area (Å²) in [5.74, 6) is 0.0379.